The standard InChI is InChI=1S/C15H21N3O/c1-2-9-17-10-7-12(8-11-17)18-14-6-4-3-5-13(14)16-15(18)19/h3-6,12H,2,7-11H2,1H3,(H,16,19). The quantitative estimate of drug-likeness (QED) is 0.919. The summed E-state index contributed by atoms with van der Waals surface area (Å²) in [5.74, 6) is 0. The first-order valence-electron chi connectivity index (χ1n) is 7.21. The molecule has 1 aliphatic rings. The number of rotatable bonds is 3. The molecule has 0 amide bonds. The van der Waals surface area contributed by atoms with Crippen molar-refractivity contribution >= 4 is 11.0 Å². The summed E-state index contributed by atoms with van der Waals surface area (Å²) in [6.07, 6.45) is 3.35. The molecular formula is C15H21N3O. The highest BCUT2D eigenvalue weighted by Gasteiger charge is 2.22. The van der Waals surface area contributed by atoms with Gasteiger partial charge in [0.25, 0.3) is 0 Å². The second kappa shape index (κ2) is 5.21. The average molecular weight is 259 g/mol. The van der Waals surface area contributed by atoms with Crippen LogP contribution < -0.4 is 5.69 Å². The lowest BCUT2D eigenvalue weighted by molar-refractivity contribution is 0.187. The van der Waals surface area contributed by atoms with Gasteiger partial charge in [-0.2, -0.15) is 0 Å². The number of hydrogen-bond donors (Lipinski definition) is 1. The number of nitrogens with zero attached hydrogens (tertiary/aromatic N) is 2. The summed E-state index contributed by atoms with van der Waals surface area (Å²) in [5.41, 5.74) is 2.03. The molecule has 2 heterocycles. The molecular weight excluding hydrogens is 238 g/mol. The number of nitrogens with one attached hydrogen (secondary N) is 1. The van der Waals surface area contributed by atoms with Crippen LogP contribution in [0.5, 0.6) is 0 Å². The van der Waals surface area contributed by atoms with E-state index in [9.17, 15) is 4.79 Å². The number of H-pyrrole nitrogens is 1. The predicted octanol–water partition coefficient (Wildman–Crippen LogP) is 2.38. The van der Waals surface area contributed by atoms with Crippen LogP contribution in [0.4, 0.5) is 0 Å². The van der Waals surface area contributed by atoms with Crippen LogP contribution in [0.15, 0.2) is 29.1 Å². The highest BCUT2D eigenvalue weighted by atomic mass is 16.1. The van der Waals surface area contributed by atoms with Crippen LogP contribution in [0.3, 0.4) is 0 Å². The van der Waals surface area contributed by atoms with Gasteiger partial charge in [-0.25, -0.2) is 4.79 Å². The fourth-order valence-electron chi connectivity index (χ4n) is 3.15. The highest BCUT2D eigenvalue weighted by Crippen LogP contribution is 2.24. The first kappa shape index (κ1) is 12.5. The Balaban J connectivity index is 1.86. The topological polar surface area (TPSA) is 41.0 Å². The van der Waals surface area contributed by atoms with E-state index >= 15 is 0 Å². The maximum absolute atomic E-state index is 12.1. The summed E-state index contributed by atoms with van der Waals surface area (Å²) in [5, 5.41) is 0. The van der Waals surface area contributed by atoms with E-state index in [0.717, 1.165) is 37.0 Å². The van der Waals surface area contributed by atoms with Crippen molar-refractivity contribution in [2.75, 3.05) is 19.6 Å². The number of aromatic amines is 1. The fourth-order valence-corrected chi connectivity index (χ4v) is 3.15. The molecule has 19 heavy (non-hydrogen) atoms. The molecule has 1 aliphatic heterocycles. The van der Waals surface area contributed by atoms with Gasteiger partial charge >= 0.3 is 5.69 Å². The molecule has 1 aromatic heterocycles. The second-order valence-electron chi connectivity index (χ2n) is 5.39. The number of hydrogen-bond acceptors (Lipinski definition) is 2. The Morgan fingerprint density at radius 2 is 2.00 bits per heavy atom. The fraction of sp³-hybridized carbons (Fsp3) is 0.533. The van der Waals surface area contributed by atoms with Crippen LogP contribution in [0.25, 0.3) is 11.0 Å². The predicted molar refractivity (Wildman–Crippen MR) is 77.6 cm³/mol. The number of piperidine rings is 1. The van der Waals surface area contributed by atoms with Crippen molar-refractivity contribution in [1.29, 1.82) is 0 Å². The van der Waals surface area contributed by atoms with Gasteiger partial charge < -0.3 is 9.88 Å². The average Bonchev–Trinajstić information content (AvgIpc) is 2.76. The van der Waals surface area contributed by atoms with Crippen molar-refractivity contribution in [2.24, 2.45) is 0 Å². The zero-order valence-corrected chi connectivity index (χ0v) is 11.4. The maximum Gasteiger partial charge on any atom is 0.326 e. The van der Waals surface area contributed by atoms with E-state index in [4.69, 9.17) is 0 Å². The van der Waals surface area contributed by atoms with Crippen molar-refractivity contribution in [3.8, 4) is 0 Å². The van der Waals surface area contributed by atoms with Crippen LogP contribution in [-0.4, -0.2) is 34.1 Å². The molecule has 1 N–H and O–H groups in total. The van der Waals surface area contributed by atoms with Gasteiger partial charge in [-0.3, -0.25) is 4.57 Å². The summed E-state index contributed by atoms with van der Waals surface area (Å²) in [6.45, 7) is 5.60. The molecule has 4 nitrogen and oxygen atoms in total. The summed E-state index contributed by atoms with van der Waals surface area (Å²) < 4.78 is 1.96. The van der Waals surface area contributed by atoms with E-state index in [1.165, 1.54) is 13.0 Å². The molecule has 1 aromatic carbocycles. The third-order valence-electron chi connectivity index (χ3n) is 4.09. The Morgan fingerprint density at radius 3 is 2.74 bits per heavy atom. The third-order valence-corrected chi connectivity index (χ3v) is 4.09. The molecule has 1 fully saturated rings. The highest BCUT2D eigenvalue weighted by molar-refractivity contribution is 5.75. The maximum atomic E-state index is 12.1. The smallest absolute Gasteiger partial charge is 0.306 e. The van der Waals surface area contributed by atoms with E-state index < -0.39 is 0 Å². The van der Waals surface area contributed by atoms with Gasteiger partial charge in [-0.1, -0.05) is 19.1 Å². The minimum atomic E-state index is 0.0372. The van der Waals surface area contributed by atoms with Crippen molar-refractivity contribution in [3.05, 3.63) is 34.7 Å². The number of aromatic nitrogens is 2. The molecule has 0 atom stereocenters. The molecule has 0 spiro atoms. The Labute approximate surface area is 113 Å². The van der Waals surface area contributed by atoms with E-state index in [-0.39, 0.29) is 5.69 Å². The van der Waals surface area contributed by atoms with Gasteiger partial charge in [0.15, 0.2) is 0 Å². The largest absolute Gasteiger partial charge is 0.326 e. The van der Waals surface area contributed by atoms with Gasteiger partial charge in [0, 0.05) is 19.1 Å². The molecule has 0 radical (unpaired) electrons. The number of imidazole rings is 1. The van der Waals surface area contributed by atoms with Crippen LogP contribution in [0, 0.1) is 0 Å². The van der Waals surface area contributed by atoms with Crippen molar-refractivity contribution in [3.63, 3.8) is 0 Å². The number of para-hydroxylation sites is 2. The second-order valence-corrected chi connectivity index (χ2v) is 5.39. The van der Waals surface area contributed by atoms with Crippen LogP contribution in [-0.2, 0) is 0 Å². The van der Waals surface area contributed by atoms with E-state index in [2.05, 4.69) is 16.8 Å². The van der Waals surface area contributed by atoms with Gasteiger partial charge in [0.05, 0.1) is 11.0 Å². The SMILES string of the molecule is CCCN1CCC(n2c(=O)[nH]c3ccccc32)CC1. The minimum absolute atomic E-state index is 0.0372. The summed E-state index contributed by atoms with van der Waals surface area (Å²) >= 11 is 0. The van der Waals surface area contributed by atoms with Gasteiger partial charge in [0.1, 0.15) is 0 Å². The summed E-state index contributed by atoms with van der Waals surface area (Å²) in [7, 11) is 0. The Bertz CT molecular complexity index is 605. The zero-order chi connectivity index (χ0) is 13.2. The third kappa shape index (κ3) is 2.32. The number of benzene rings is 1. The molecule has 1 saturated heterocycles. The van der Waals surface area contributed by atoms with Crippen molar-refractivity contribution in [2.45, 2.75) is 32.2 Å². The van der Waals surface area contributed by atoms with Crippen LogP contribution in [0.1, 0.15) is 32.2 Å². The molecule has 3 rings (SSSR count). The Morgan fingerprint density at radius 1 is 1.26 bits per heavy atom. The first-order chi connectivity index (χ1) is 9.29. The summed E-state index contributed by atoms with van der Waals surface area (Å²) in [6, 6.07) is 8.31. The Kier molecular flexibility index (Phi) is 3.42. The van der Waals surface area contributed by atoms with Crippen molar-refractivity contribution < 1.29 is 0 Å². The minimum Gasteiger partial charge on any atom is -0.306 e. The van der Waals surface area contributed by atoms with Crippen LogP contribution >= 0.6 is 0 Å². The molecule has 0 aliphatic carbocycles. The molecule has 0 saturated carbocycles. The summed E-state index contributed by atoms with van der Waals surface area (Å²) in [4.78, 5) is 17.6. The number of likely N-dealkylation sites (tertiary alicyclic amines) is 1. The van der Waals surface area contributed by atoms with E-state index in [1.54, 1.807) is 0 Å². The zero-order valence-electron chi connectivity index (χ0n) is 11.4. The molecule has 102 valence electrons. The van der Waals surface area contributed by atoms with E-state index in [1.807, 2.05) is 28.8 Å². The monoisotopic (exact) mass is 259 g/mol. The lowest BCUT2D eigenvalue weighted by Crippen LogP contribution is -2.37. The molecule has 2 aromatic rings. The van der Waals surface area contributed by atoms with Crippen LogP contribution in [0.2, 0.25) is 0 Å². The molecule has 4 heteroatoms. The van der Waals surface area contributed by atoms with Gasteiger partial charge in [-0.05, 0) is 37.9 Å². The number of fused-ring (bicyclic) bond motifs is 1. The lowest BCUT2D eigenvalue weighted by Gasteiger charge is -2.32. The van der Waals surface area contributed by atoms with Gasteiger partial charge in [0.2, 0.25) is 0 Å². The molecule has 0 bridgehead atoms. The van der Waals surface area contributed by atoms with Crippen molar-refractivity contribution in [1.82, 2.24) is 14.5 Å². The normalized spacial score (nSPS) is 18.2. The van der Waals surface area contributed by atoms with E-state index in [0.29, 0.717) is 6.04 Å². The lowest BCUT2D eigenvalue weighted by atomic mass is 10.0. The Hall–Kier alpha value is -1.55. The first-order valence-corrected chi connectivity index (χ1v) is 7.21. The molecule has 0 unspecified atom stereocenters. The van der Waals surface area contributed by atoms with Gasteiger partial charge in [-0.15, -0.1) is 0 Å².